The van der Waals surface area contributed by atoms with E-state index >= 15 is 0 Å². The third kappa shape index (κ3) is 2.74. The number of rotatable bonds is 2. The first-order valence-electron chi connectivity index (χ1n) is 4.02. The Morgan fingerprint density at radius 3 is 2.42 bits per heavy atom. The maximum atomic E-state index is 5.85. The fourth-order valence-corrected chi connectivity index (χ4v) is 1.32. The van der Waals surface area contributed by atoms with Crippen molar-refractivity contribution in [1.82, 2.24) is 0 Å². The van der Waals surface area contributed by atoms with Crippen LogP contribution in [-0.2, 0) is 0 Å². The standard InChI is InChI=1S/C10H13ClO/c1-7(2)12-10-5-8(3)4-9(11)6-10/h4-7H,1-3H3. The molecule has 0 aliphatic carbocycles. The second-order valence-corrected chi connectivity index (χ2v) is 3.57. The van der Waals surface area contributed by atoms with Crippen LogP contribution in [0, 0.1) is 6.92 Å². The van der Waals surface area contributed by atoms with Crippen molar-refractivity contribution in [2.24, 2.45) is 0 Å². The van der Waals surface area contributed by atoms with Crippen LogP contribution < -0.4 is 4.74 Å². The molecule has 0 fully saturated rings. The van der Waals surface area contributed by atoms with Crippen molar-refractivity contribution in [2.45, 2.75) is 26.9 Å². The molecule has 2 heteroatoms. The quantitative estimate of drug-likeness (QED) is 0.684. The van der Waals surface area contributed by atoms with E-state index in [9.17, 15) is 0 Å². The molecule has 0 spiro atoms. The smallest absolute Gasteiger partial charge is 0.121 e. The molecule has 1 nitrogen and oxygen atoms in total. The van der Waals surface area contributed by atoms with Crippen LogP contribution in [0.5, 0.6) is 5.75 Å². The molecular formula is C10H13ClO. The Bertz CT molecular complexity index is 248. The highest BCUT2D eigenvalue weighted by molar-refractivity contribution is 6.30. The summed E-state index contributed by atoms with van der Waals surface area (Å²) in [6, 6.07) is 5.72. The Hall–Kier alpha value is -0.690. The van der Waals surface area contributed by atoms with Gasteiger partial charge in [0.25, 0.3) is 0 Å². The molecule has 0 amide bonds. The lowest BCUT2D eigenvalue weighted by Gasteiger charge is -2.10. The number of ether oxygens (including phenoxy) is 1. The molecule has 12 heavy (non-hydrogen) atoms. The van der Waals surface area contributed by atoms with E-state index in [-0.39, 0.29) is 6.10 Å². The molecule has 0 unspecified atom stereocenters. The predicted octanol–water partition coefficient (Wildman–Crippen LogP) is 3.44. The van der Waals surface area contributed by atoms with Gasteiger partial charge >= 0.3 is 0 Å². The molecule has 1 aromatic carbocycles. The molecule has 0 heterocycles. The first-order chi connectivity index (χ1) is 5.58. The molecular weight excluding hydrogens is 172 g/mol. The van der Waals surface area contributed by atoms with Crippen molar-refractivity contribution in [1.29, 1.82) is 0 Å². The average molecular weight is 185 g/mol. The summed E-state index contributed by atoms with van der Waals surface area (Å²) >= 11 is 5.85. The number of benzene rings is 1. The van der Waals surface area contributed by atoms with Gasteiger partial charge in [-0.2, -0.15) is 0 Å². The first-order valence-corrected chi connectivity index (χ1v) is 4.39. The minimum atomic E-state index is 0.197. The fraction of sp³-hybridized carbons (Fsp3) is 0.400. The highest BCUT2D eigenvalue weighted by Crippen LogP contribution is 2.21. The van der Waals surface area contributed by atoms with E-state index in [2.05, 4.69) is 0 Å². The third-order valence-electron chi connectivity index (χ3n) is 1.39. The Morgan fingerprint density at radius 1 is 1.25 bits per heavy atom. The molecule has 1 aromatic rings. The van der Waals surface area contributed by atoms with Gasteiger partial charge in [-0.05, 0) is 44.5 Å². The largest absolute Gasteiger partial charge is 0.491 e. The van der Waals surface area contributed by atoms with E-state index in [4.69, 9.17) is 16.3 Å². The van der Waals surface area contributed by atoms with Crippen LogP contribution in [0.2, 0.25) is 5.02 Å². The van der Waals surface area contributed by atoms with E-state index < -0.39 is 0 Å². The van der Waals surface area contributed by atoms with Gasteiger partial charge in [0, 0.05) is 5.02 Å². The fourth-order valence-electron chi connectivity index (χ4n) is 1.04. The molecule has 0 saturated carbocycles. The Morgan fingerprint density at radius 2 is 1.92 bits per heavy atom. The van der Waals surface area contributed by atoms with Gasteiger partial charge in [-0.15, -0.1) is 0 Å². The zero-order valence-electron chi connectivity index (χ0n) is 7.60. The Kier molecular flexibility index (Phi) is 2.99. The van der Waals surface area contributed by atoms with Gasteiger partial charge in [0.05, 0.1) is 6.10 Å². The van der Waals surface area contributed by atoms with Gasteiger partial charge in [0.1, 0.15) is 5.75 Å². The third-order valence-corrected chi connectivity index (χ3v) is 1.61. The molecule has 0 aliphatic heterocycles. The minimum absolute atomic E-state index is 0.197. The Balaban J connectivity index is 2.85. The van der Waals surface area contributed by atoms with E-state index in [1.807, 2.05) is 39.0 Å². The molecule has 0 saturated heterocycles. The van der Waals surface area contributed by atoms with Gasteiger partial charge in [-0.1, -0.05) is 11.6 Å². The maximum absolute atomic E-state index is 5.85. The lowest BCUT2D eigenvalue weighted by Crippen LogP contribution is -2.05. The van der Waals surface area contributed by atoms with Gasteiger partial charge in [-0.25, -0.2) is 0 Å². The number of hydrogen-bond donors (Lipinski definition) is 0. The SMILES string of the molecule is Cc1cc(Cl)cc(OC(C)C)c1. The summed E-state index contributed by atoms with van der Waals surface area (Å²) in [5, 5.41) is 0.727. The van der Waals surface area contributed by atoms with Crippen LogP contribution in [0.25, 0.3) is 0 Å². The van der Waals surface area contributed by atoms with Crippen molar-refractivity contribution >= 4 is 11.6 Å². The number of hydrogen-bond acceptors (Lipinski definition) is 1. The zero-order chi connectivity index (χ0) is 9.14. The summed E-state index contributed by atoms with van der Waals surface area (Å²) < 4.78 is 5.49. The monoisotopic (exact) mass is 184 g/mol. The van der Waals surface area contributed by atoms with Gasteiger partial charge in [0.15, 0.2) is 0 Å². The van der Waals surface area contributed by atoms with Crippen molar-refractivity contribution in [3.8, 4) is 5.75 Å². The summed E-state index contributed by atoms with van der Waals surface area (Å²) in [6.07, 6.45) is 0.197. The molecule has 0 aromatic heterocycles. The second-order valence-electron chi connectivity index (χ2n) is 3.13. The molecule has 1 rings (SSSR count). The van der Waals surface area contributed by atoms with Crippen LogP contribution in [-0.4, -0.2) is 6.10 Å². The van der Waals surface area contributed by atoms with Crippen LogP contribution in [0.1, 0.15) is 19.4 Å². The van der Waals surface area contributed by atoms with E-state index in [1.165, 1.54) is 0 Å². The predicted molar refractivity (Wildman–Crippen MR) is 52.0 cm³/mol. The Labute approximate surface area is 78.3 Å². The average Bonchev–Trinajstić information content (AvgIpc) is 1.81. The molecule has 0 bridgehead atoms. The summed E-state index contributed by atoms with van der Waals surface area (Å²) in [7, 11) is 0. The summed E-state index contributed by atoms with van der Waals surface area (Å²) in [6.45, 7) is 5.99. The number of aryl methyl sites for hydroxylation is 1. The summed E-state index contributed by atoms with van der Waals surface area (Å²) in [4.78, 5) is 0. The topological polar surface area (TPSA) is 9.23 Å². The van der Waals surface area contributed by atoms with E-state index in [0.717, 1.165) is 16.3 Å². The molecule has 0 atom stereocenters. The van der Waals surface area contributed by atoms with E-state index in [0.29, 0.717) is 0 Å². The lowest BCUT2D eigenvalue weighted by molar-refractivity contribution is 0.242. The van der Waals surface area contributed by atoms with Gasteiger partial charge in [0.2, 0.25) is 0 Å². The van der Waals surface area contributed by atoms with Crippen LogP contribution >= 0.6 is 11.6 Å². The first kappa shape index (κ1) is 9.40. The molecule has 0 N–H and O–H groups in total. The highest BCUT2D eigenvalue weighted by atomic mass is 35.5. The van der Waals surface area contributed by atoms with Crippen LogP contribution in [0.3, 0.4) is 0 Å². The lowest BCUT2D eigenvalue weighted by atomic mass is 10.2. The second kappa shape index (κ2) is 3.81. The van der Waals surface area contributed by atoms with Gasteiger partial charge in [-0.3, -0.25) is 0 Å². The van der Waals surface area contributed by atoms with E-state index in [1.54, 1.807) is 0 Å². The highest BCUT2D eigenvalue weighted by Gasteiger charge is 1.99. The normalized spacial score (nSPS) is 10.4. The maximum Gasteiger partial charge on any atom is 0.121 e. The van der Waals surface area contributed by atoms with Crippen molar-refractivity contribution in [2.75, 3.05) is 0 Å². The van der Waals surface area contributed by atoms with Crippen molar-refractivity contribution in [3.05, 3.63) is 28.8 Å². The molecule has 0 aliphatic rings. The van der Waals surface area contributed by atoms with Crippen molar-refractivity contribution < 1.29 is 4.74 Å². The van der Waals surface area contributed by atoms with Crippen LogP contribution in [0.4, 0.5) is 0 Å². The summed E-state index contributed by atoms with van der Waals surface area (Å²) in [5.41, 5.74) is 1.12. The number of halogens is 1. The van der Waals surface area contributed by atoms with Crippen LogP contribution in [0.15, 0.2) is 18.2 Å². The van der Waals surface area contributed by atoms with Gasteiger partial charge < -0.3 is 4.74 Å². The zero-order valence-corrected chi connectivity index (χ0v) is 8.35. The minimum Gasteiger partial charge on any atom is -0.491 e. The van der Waals surface area contributed by atoms with Crippen molar-refractivity contribution in [3.63, 3.8) is 0 Å². The molecule has 66 valence electrons. The molecule has 0 radical (unpaired) electrons. The summed E-state index contributed by atoms with van der Waals surface area (Å²) in [5.74, 6) is 0.843.